The van der Waals surface area contributed by atoms with Crippen LogP contribution in [0.3, 0.4) is 0 Å². The maximum absolute atomic E-state index is 16.1. The number of carbonyl (C=O) groups is 4. The number of nitrogens with one attached hydrogen (secondary N) is 2. The van der Waals surface area contributed by atoms with Crippen LogP contribution in [0.1, 0.15) is 75.2 Å². The van der Waals surface area contributed by atoms with E-state index < -0.39 is 35.5 Å². The number of aromatic nitrogens is 1. The minimum Gasteiger partial charge on any atom is -0.481 e. The zero-order valence-corrected chi connectivity index (χ0v) is 36.1. The molecule has 0 radical (unpaired) electrons. The molecule has 3 heterocycles. The van der Waals surface area contributed by atoms with Gasteiger partial charge in [-0.15, -0.1) is 0 Å². The molecule has 17 heteroatoms. The molecule has 2 aliphatic heterocycles. The molecule has 0 aliphatic carbocycles. The van der Waals surface area contributed by atoms with Gasteiger partial charge in [0.05, 0.1) is 35.7 Å². The molecule has 4 atom stereocenters. The van der Waals surface area contributed by atoms with E-state index in [1.807, 2.05) is 27.7 Å². The SMILES string of the molecule is C=CC(=O)N1CCN(C(C)=O)[C@@H](c2cc(Cl)cc(-c3cc(OC)nc(C(=O)NC)c3)c2F)[C@@H]1C.C[C@H]1[C@H](c2cc(Cl)cc(Br)c2F)NCCN1C(=O)OC(C)(C)C. The van der Waals surface area contributed by atoms with Gasteiger partial charge in [-0.1, -0.05) is 29.8 Å². The molecule has 12 nitrogen and oxygen atoms in total. The molecule has 0 spiro atoms. The van der Waals surface area contributed by atoms with Crippen molar-refractivity contribution in [2.75, 3.05) is 40.3 Å². The van der Waals surface area contributed by atoms with Crippen LogP contribution in [0.2, 0.25) is 10.0 Å². The summed E-state index contributed by atoms with van der Waals surface area (Å²) in [5.41, 5.74) is 0.493. The molecule has 308 valence electrons. The fourth-order valence-corrected chi connectivity index (χ4v) is 7.95. The molecule has 2 aliphatic rings. The third-order valence-electron chi connectivity index (χ3n) is 9.57. The van der Waals surface area contributed by atoms with Crippen LogP contribution in [-0.4, -0.2) is 102 Å². The first-order valence-electron chi connectivity index (χ1n) is 18.1. The highest BCUT2D eigenvalue weighted by molar-refractivity contribution is 9.10. The molecule has 2 saturated heterocycles. The number of benzene rings is 2. The second kappa shape index (κ2) is 19.0. The Balaban J connectivity index is 0.000000273. The van der Waals surface area contributed by atoms with Gasteiger partial charge < -0.3 is 34.8 Å². The fraction of sp³-hybridized carbons (Fsp3) is 0.425. The number of halogens is 5. The third kappa shape index (κ3) is 10.6. The molecule has 5 rings (SSSR count). The summed E-state index contributed by atoms with van der Waals surface area (Å²) in [4.78, 5) is 58.2. The average Bonchev–Trinajstić information content (AvgIpc) is 3.15. The zero-order valence-electron chi connectivity index (χ0n) is 33.0. The summed E-state index contributed by atoms with van der Waals surface area (Å²) in [6.45, 7) is 15.6. The minimum absolute atomic E-state index is 0.0388. The number of ether oxygens (including phenoxy) is 2. The summed E-state index contributed by atoms with van der Waals surface area (Å²) >= 11 is 15.6. The van der Waals surface area contributed by atoms with E-state index in [1.165, 1.54) is 62.4 Å². The molecule has 0 unspecified atom stereocenters. The molecule has 2 aromatic carbocycles. The monoisotopic (exact) mass is 894 g/mol. The van der Waals surface area contributed by atoms with E-state index in [4.69, 9.17) is 32.7 Å². The van der Waals surface area contributed by atoms with Crippen molar-refractivity contribution in [2.45, 2.75) is 71.3 Å². The summed E-state index contributed by atoms with van der Waals surface area (Å²) in [6, 6.07) is 6.97. The van der Waals surface area contributed by atoms with Gasteiger partial charge in [0.1, 0.15) is 22.9 Å². The van der Waals surface area contributed by atoms with Gasteiger partial charge >= 0.3 is 6.09 Å². The van der Waals surface area contributed by atoms with Gasteiger partial charge in [0, 0.05) is 73.0 Å². The number of piperazine rings is 2. The molecule has 4 amide bonds. The van der Waals surface area contributed by atoms with Crippen molar-refractivity contribution >= 4 is 62.9 Å². The van der Waals surface area contributed by atoms with E-state index >= 15 is 4.39 Å². The van der Waals surface area contributed by atoms with Crippen LogP contribution >= 0.6 is 39.1 Å². The van der Waals surface area contributed by atoms with Gasteiger partial charge in [-0.25, -0.2) is 18.6 Å². The summed E-state index contributed by atoms with van der Waals surface area (Å²) in [5.74, 6) is -1.91. The van der Waals surface area contributed by atoms with Crippen molar-refractivity contribution in [3.8, 4) is 17.0 Å². The quantitative estimate of drug-likeness (QED) is 0.190. The number of hydrogen-bond donors (Lipinski definition) is 2. The summed E-state index contributed by atoms with van der Waals surface area (Å²) in [5, 5.41) is 6.41. The lowest BCUT2D eigenvalue weighted by Crippen LogP contribution is -2.56. The van der Waals surface area contributed by atoms with Crippen LogP contribution < -0.4 is 15.4 Å². The Bertz CT molecular complexity index is 2030. The Labute approximate surface area is 350 Å². The number of nitrogens with zero attached hydrogens (tertiary/aromatic N) is 4. The zero-order chi connectivity index (χ0) is 42.5. The molecule has 2 N–H and O–H groups in total. The highest BCUT2D eigenvalue weighted by Gasteiger charge is 2.40. The highest BCUT2D eigenvalue weighted by atomic mass is 79.9. The highest BCUT2D eigenvalue weighted by Crippen LogP contribution is 2.39. The molecular weight excluding hydrogens is 849 g/mol. The van der Waals surface area contributed by atoms with E-state index in [0.717, 1.165) is 0 Å². The van der Waals surface area contributed by atoms with E-state index in [9.17, 15) is 23.6 Å². The fourth-order valence-electron chi connectivity index (χ4n) is 6.89. The molecule has 0 bridgehead atoms. The third-order valence-corrected chi connectivity index (χ3v) is 10.6. The second-order valence-corrected chi connectivity index (χ2v) is 16.2. The average molecular weight is 897 g/mol. The Morgan fingerprint density at radius 1 is 0.947 bits per heavy atom. The molecule has 1 aromatic heterocycles. The normalized spacial score (nSPS) is 19.6. The Kier molecular flexibility index (Phi) is 15.1. The smallest absolute Gasteiger partial charge is 0.410 e. The number of methoxy groups -OCH3 is 1. The maximum Gasteiger partial charge on any atom is 0.410 e. The number of rotatable bonds is 6. The van der Waals surface area contributed by atoms with E-state index in [2.05, 4.69) is 38.1 Å². The number of amides is 4. The molecule has 3 aromatic rings. The van der Waals surface area contributed by atoms with Crippen molar-refractivity contribution in [1.82, 2.24) is 30.3 Å². The van der Waals surface area contributed by atoms with Crippen LogP contribution in [0.5, 0.6) is 5.88 Å². The predicted molar refractivity (Wildman–Crippen MR) is 218 cm³/mol. The van der Waals surface area contributed by atoms with Crippen molar-refractivity contribution in [2.24, 2.45) is 0 Å². The summed E-state index contributed by atoms with van der Waals surface area (Å²) in [6.07, 6.45) is 0.804. The second-order valence-electron chi connectivity index (χ2n) is 14.5. The topological polar surface area (TPSA) is 133 Å². The number of hydrogen-bond acceptors (Lipinski definition) is 8. The Morgan fingerprint density at radius 3 is 2.18 bits per heavy atom. The van der Waals surface area contributed by atoms with Crippen LogP contribution in [0.4, 0.5) is 13.6 Å². The van der Waals surface area contributed by atoms with Gasteiger partial charge in [0.15, 0.2) is 0 Å². The molecule has 0 saturated carbocycles. The maximum atomic E-state index is 16.1. The van der Waals surface area contributed by atoms with Crippen molar-refractivity contribution < 1.29 is 37.4 Å². The van der Waals surface area contributed by atoms with Crippen LogP contribution in [0.25, 0.3) is 11.1 Å². The van der Waals surface area contributed by atoms with Gasteiger partial charge in [0.2, 0.25) is 17.7 Å². The Morgan fingerprint density at radius 2 is 1.58 bits per heavy atom. The van der Waals surface area contributed by atoms with E-state index in [0.29, 0.717) is 40.3 Å². The largest absolute Gasteiger partial charge is 0.481 e. The van der Waals surface area contributed by atoms with Crippen molar-refractivity contribution in [3.63, 3.8) is 0 Å². The standard InChI is InChI=1S/C24H26ClFN4O4.C16H21BrClFN2O2/c1-6-21(32)29-7-8-30(14(3)31)23(13(29)2)18-12-16(25)11-17(22(18)26)15-9-19(24(33)27-4)28-20(10-15)34-5;1-9-14(11-7-10(18)8-12(17)13(11)19)20-5-6-21(9)15(22)23-16(2,3)4/h6,9-13,23H,1,7-8H2,2-5H3,(H,27,33);7-9,14,20H,5-6H2,1-4H3/t13-,23+;9-,14+/m00/s1. The number of carbonyl (C=O) groups excluding carboxylic acids is 4. The van der Waals surface area contributed by atoms with Crippen LogP contribution in [-0.2, 0) is 14.3 Å². The molecule has 57 heavy (non-hydrogen) atoms. The van der Waals surface area contributed by atoms with Crippen LogP contribution in [0, 0.1) is 11.6 Å². The van der Waals surface area contributed by atoms with Gasteiger partial charge in [0.25, 0.3) is 5.91 Å². The lowest BCUT2D eigenvalue weighted by atomic mass is 9.91. The number of pyridine rings is 1. The van der Waals surface area contributed by atoms with Crippen molar-refractivity contribution in [1.29, 1.82) is 0 Å². The molecule has 2 fully saturated rings. The summed E-state index contributed by atoms with van der Waals surface area (Å²) < 4.78 is 41.5. The van der Waals surface area contributed by atoms with E-state index in [-0.39, 0.29) is 64.0 Å². The van der Waals surface area contributed by atoms with Gasteiger partial charge in [-0.3, -0.25) is 14.4 Å². The minimum atomic E-state index is -0.783. The van der Waals surface area contributed by atoms with Crippen LogP contribution in [0.15, 0.2) is 53.5 Å². The van der Waals surface area contributed by atoms with Crippen molar-refractivity contribution in [3.05, 3.63) is 92.0 Å². The van der Waals surface area contributed by atoms with Gasteiger partial charge in [-0.2, -0.15) is 0 Å². The summed E-state index contributed by atoms with van der Waals surface area (Å²) in [7, 11) is 2.84. The predicted octanol–water partition coefficient (Wildman–Crippen LogP) is 7.73. The molecular formula is C40H47BrCl2F2N6O6. The lowest BCUT2D eigenvalue weighted by molar-refractivity contribution is -0.143. The van der Waals surface area contributed by atoms with E-state index in [1.54, 1.807) is 22.8 Å². The first-order valence-corrected chi connectivity index (χ1v) is 19.6. The first kappa shape index (κ1) is 45.4. The Hall–Kier alpha value is -4.31. The first-order chi connectivity index (χ1) is 26.7. The lowest BCUT2D eigenvalue weighted by Gasteiger charge is -2.46. The van der Waals surface area contributed by atoms with Gasteiger partial charge in [-0.05, 0) is 92.5 Å².